The minimum Gasteiger partial charge on any atom is -0.506 e. The summed E-state index contributed by atoms with van der Waals surface area (Å²) in [4.78, 5) is 48.3. The van der Waals surface area contributed by atoms with Crippen LogP contribution in [0.4, 0.5) is 0 Å². The third-order valence-electron chi connectivity index (χ3n) is 6.96. The van der Waals surface area contributed by atoms with Gasteiger partial charge >= 0.3 is 0 Å². The quantitative estimate of drug-likeness (QED) is 0.102. The molecule has 0 fully saturated rings. The van der Waals surface area contributed by atoms with Crippen LogP contribution < -0.4 is 5.32 Å². The van der Waals surface area contributed by atoms with Gasteiger partial charge in [-0.25, -0.2) is 0 Å². The molecule has 0 saturated heterocycles. The number of hydrogen-bond donors (Lipinski definition) is 2. The molecule has 0 aliphatic rings. The van der Waals surface area contributed by atoms with E-state index in [2.05, 4.69) is 15.3 Å². The van der Waals surface area contributed by atoms with E-state index >= 15 is 0 Å². The molecule has 3 heterocycles. The maximum Gasteiger partial charge on any atom is 0.251 e. The number of pyridine rings is 1. The molecule has 5 aromatic rings. The standard InChI is InChI=1S/C34H27Cl2N3O4S2/c1-20(25-19-44-33(32(25)42)23-10-11-26(35)27(36)16-23)38-18-29(41)31-14-13-30(45-31)28(40)12-7-21-5-8-22(9-6-21)34(43)39-17-24-4-2-3-15-37-24/h2-6,8-11,13-16,19,42H,7,12,17-18H2,1H3,(H,39,43). The number of Topliss-reactive ketones (excluding diaryl/α,β-unsaturated/α-hetero) is 2. The second-order valence-corrected chi connectivity index (χ2v) is 12.8. The predicted octanol–water partition coefficient (Wildman–Crippen LogP) is 8.32. The van der Waals surface area contributed by atoms with Gasteiger partial charge in [-0.05, 0) is 73.0 Å². The van der Waals surface area contributed by atoms with Crippen molar-refractivity contribution in [2.24, 2.45) is 4.99 Å². The third-order valence-corrected chi connectivity index (χ3v) is 9.89. The largest absolute Gasteiger partial charge is 0.506 e. The SMILES string of the molecule is CC(=NCC(=O)c1ccc(C(=O)CCc2ccc(C(=O)NCc3ccccn3)cc2)s1)c1csc(-c2ccc(Cl)c(Cl)c2)c1O. The molecule has 45 heavy (non-hydrogen) atoms. The fraction of sp³-hybridized carbons (Fsp3) is 0.147. The topological polar surface area (TPSA) is 109 Å². The first-order valence-corrected chi connectivity index (χ1v) is 16.4. The summed E-state index contributed by atoms with van der Waals surface area (Å²) in [5, 5.41) is 16.3. The van der Waals surface area contributed by atoms with Crippen LogP contribution in [0.1, 0.15) is 59.9 Å². The smallest absolute Gasteiger partial charge is 0.251 e. The molecule has 2 N–H and O–H groups in total. The van der Waals surface area contributed by atoms with Gasteiger partial charge in [0.25, 0.3) is 5.91 Å². The van der Waals surface area contributed by atoms with E-state index in [1.165, 1.54) is 11.3 Å². The molecule has 7 nitrogen and oxygen atoms in total. The van der Waals surface area contributed by atoms with Crippen LogP contribution in [0.15, 0.2) is 89.4 Å². The molecule has 0 atom stereocenters. The Balaban J connectivity index is 1.12. The average Bonchev–Trinajstić information content (AvgIpc) is 3.71. The first-order chi connectivity index (χ1) is 21.7. The van der Waals surface area contributed by atoms with Gasteiger partial charge in [0.15, 0.2) is 11.6 Å². The summed E-state index contributed by atoms with van der Waals surface area (Å²) < 4.78 is 0. The molecule has 3 aromatic heterocycles. The van der Waals surface area contributed by atoms with Crippen LogP contribution in [-0.2, 0) is 13.0 Å². The van der Waals surface area contributed by atoms with Gasteiger partial charge in [-0.3, -0.25) is 24.4 Å². The van der Waals surface area contributed by atoms with Crippen molar-refractivity contribution in [3.63, 3.8) is 0 Å². The number of hydrogen-bond acceptors (Lipinski definition) is 8. The number of nitrogens with one attached hydrogen (secondary N) is 1. The number of carbonyl (C=O) groups is 3. The summed E-state index contributed by atoms with van der Waals surface area (Å²) in [5.74, 6) is -0.406. The van der Waals surface area contributed by atoms with E-state index in [1.807, 2.05) is 30.3 Å². The summed E-state index contributed by atoms with van der Waals surface area (Å²) in [5.41, 5.74) is 4.02. The number of carbonyl (C=O) groups excluding carboxylic acids is 3. The summed E-state index contributed by atoms with van der Waals surface area (Å²) in [6.45, 7) is 1.96. The molecule has 0 bridgehead atoms. The number of aromatic hydroxyl groups is 1. The molecule has 5 rings (SSSR count). The number of nitrogens with zero attached hydrogens (tertiary/aromatic N) is 2. The zero-order valence-corrected chi connectivity index (χ0v) is 27.2. The van der Waals surface area contributed by atoms with Crippen molar-refractivity contribution >= 4 is 69.1 Å². The number of amides is 1. The third kappa shape index (κ3) is 8.12. The van der Waals surface area contributed by atoms with Gasteiger partial charge in [0.05, 0.1) is 36.9 Å². The van der Waals surface area contributed by atoms with Crippen LogP contribution in [0.25, 0.3) is 10.4 Å². The highest BCUT2D eigenvalue weighted by Crippen LogP contribution is 2.40. The van der Waals surface area contributed by atoms with Crippen molar-refractivity contribution in [2.45, 2.75) is 26.3 Å². The molecule has 0 aliphatic heterocycles. The van der Waals surface area contributed by atoms with E-state index in [1.54, 1.807) is 61.0 Å². The summed E-state index contributed by atoms with van der Waals surface area (Å²) in [7, 11) is 0. The van der Waals surface area contributed by atoms with Crippen molar-refractivity contribution < 1.29 is 19.5 Å². The minimum absolute atomic E-state index is 0.0612. The van der Waals surface area contributed by atoms with Crippen molar-refractivity contribution in [3.05, 3.63) is 127 Å². The Morgan fingerprint density at radius 2 is 1.69 bits per heavy atom. The van der Waals surface area contributed by atoms with Gasteiger partial charge in [-0.15, -0.1) is 22.7 Å². The first-order valence-electron chi connectivity index (χ1n) is 13.9. The Morgan fingerprint density at radius 3 is 2.40 bits per heavy atom. The molecule has 0 saturated carbocycles. The molecular formula is C34H27Cl2N3O4S2. The van der Waals surface area contributed by atoms with Gasteiger partial charge in [0.2, 0.25) is 0 Å². The fourth-order valence-corrected chi connectivity index (χ4v) is 6.63. The zero-order valence-electron chi connectivity index (χ0n) is 24.1. The number of aromatic nitrogens is 1. The summed E-state index contributed by atoms with van der Waals surface area (Å²) >= 11 is 14.6. The summed E-state index contributed by atoms with van der Waals surface area (Å²) in [6.07, 6.45) is 2.46. The van der Waals surface area contributed by atoms with Gasteiger partial charge in [-0.1, -0.05) is 47.5 Å². The van der Waals surface area contributed by atoms with Crippen molar-refractivity contribution in [1.82, 2.24) is 10.3 Å². The Labute approximate surface area is 278 Å². The van der Waals surface area contributed by atoms with Crippen LogP contribution in [0.3, 0.4) is 0 Å². The highest BCUT2D eigenvalue weighted by atomic mass is 35.5. The van der Waals surface area contributed by atoms with E-state index in [-0.39, 0.29) is 36.2 Å². The van der Waals surface area contributed by atoms with Crippen LogP contribution in [0, 0.1) is 0 Å². The minimum atomic E-state index is -0.213. The lowest BCUT2D eigenvalue weighted by Crippen LogP contribution is -2.23. The second-order valence-electron chi connectivity index (χ2n) is 10.1. The number of rotatable bonds is 12. The van der Waals surface area contributed by atoms with Crippen LogP contribution >= 0.6 is 45.9 Å². The molecule has 2 aromatic carbocycles. The Morgan fingerprint density at radius 1 is 0.933 bits per heavy atom. The first kappa shape index (κ1) is 32.2. The fourth-order valence-electron chi connectivity index (χ4n) is 4.42. The van der Waals surface area contributed by atoms with E-state index in [9.17, 15) is 19.5 Å². The molecule has 0 unspecified atom stereocenters. The van der Waals surface area contributed by atoms with Gasteiger partial charge < -0.3 is 10.4 Å². The summed E-state index contributed by atoms with van der Waals surface area (Å²) in [6, 6.07) is 21.1. The highest BCUT2D eigenvalue weighted by Gasteiger charge is 2.17. The lowest BCUT2D eigenvalue weighted by atomic mass is 10.0. The highest BCUT2D eigenvalue weighted by molar-refractivity contribution is 7.16. The second kappa shape index (κ2) is 14.8. The molecule has 1 amide bonds. The lowest BCUT2D eigenvalue weighted by molar-refractivity contribution is 0.0947. The maximum atomic E-state index is 12.9. The van der Waals surface area contributed by atoms with Crippen LogP contribution in [0.2, 0.25) is 10.0 Å². The van der Waals surface area contributed by atoms with E-state index in [0.717, 1.165) is 28.2 Å². The molecule has 0 radical (unpaired) electrons. The van der Waals surface area contributed by atoms with Crippen LogP contribution in [0.5, 0.6) is 5.75 Å². The van der Waals surface area contributed by atoms with Gasteiger partial charge in [0, 0.05) is 34.8 Å². The molecule has 0 aliphatic carbocycles. The number of halogens is 2. The van der Waals surface area contributed by atoms with Crippen LogP contribution in [-0.4, -0.2) is 39.8 Å². The predicted molar refractivity (Wildman–Crippen MR) is 182 cm³/mol. The van der Waals surface area contributed by atoms with E-state index in [0.29, 0.717) is 54.5 Å². The number of aliphatic imine (C=N–C) groups is 1. The molecule has 0 spiro atoms. The lowest BCUT2D eigenvalue weighted by Gasteiger charge is -2.06. The normalized spacial score (nSPS) is 11.4. The Kier molecular flexibility index (Phi) is 10.6. The number of thiophene rings is 2. The monoisotopic (exact) mass is 675 g/mol. The number of aryl methyl sites for hydroxylation is 1. The maximum absolute atomic E-state index is 12.9. The van der Waals surface area contributed by atoms with Gasteiger partial charge in [-0.2, -0.15) is 0 Å². The van der Waals surface area contributed by atoms with E-state index < -0.39 is 0 Å². The Bertz CT molecular complexity index is 1880. The van der Waals surface area contributed by atoms with Crippen molar-refractivity contribution in [3.8, 4) is 16.2 Å². The van der Waals surface area contributed by atoms with E-state index in [4.69, 9.17) is 23.2 Å². The van der Waals surface area contributed by atoms with Crippen molar-refractivity contribution in [2.75, 3.05) is 6.54 Å². The number of benzene rings is 2. The average molecular weight is 677 g/mol. The molecule has 11 heteroatoms. The number of ketones is 2. The van der Waals surface area contributed by atoms with Gasteiger partial charge in [0.1, 0.15) is 12.3 Å². The Hall–Kier alpha value is -4.15. The van der Waals surface area contributed by atoms with Crippen molar-refractivity contribution in [1.29, 1.82) is 0 Å². The molecular weight excluding hydrogens is 649 g/mol. The molecule has 228 valence electrons. The zero-order chi connectivity index (χ0) is 31.9.